The highest BCUT2D eigenvalue weighted by atomic mass is 16.2. The summed E-state index contributed by atoms with van der Waals surface area (Å²) in [6.45, 7) is 4.62. The van der Waals surface area contributed by atoms with Crippen LogP contribution in [0.1, 0.15) is 30.4 Å². The molecule has 0 saturated carbocycles. The van der Waals surface area contributed by atoms with Gasteiger partial charge in [-0.1, -0.05) is 48.5 Å². The van der Waals surface area contributed by atoms with Crippen molar-refractivity contribution in [3.05, 3.63) is 78.0 Å². The zero-order valence-electron chi connectivity index (χ0n) is 27.3. The Labute approximate surface area is 264 Å². The Morgan fingerprint density at radius 2 is 1.39 bits per heavy atom. The van der Waals surface area contributed by atoms with E-state index in [1.807, 2.05) is 60.7 Å². The second-order valence-electron chi connectivity index (χ2n) is 13.5. The maximum absolute atomic E-state index is 13.8. The normalized spacial score (nSPS) is 13.6. The molecule has 3 rings (SSSR count). The number of rotatable bonds is 19. The molecule has 0 fully saturated rings. The summed E-state index contributed by atoms with van der Waals surface area (Å²) in [5.41, 5.74) is 21.3. The Kier molecular flexibility index (Phi) is 13.4. The second-order valence-corrected chi connectivity index (χ2v) is 13.5. The SMILES string of the molecule is C[N+](C)(CCN)CCC(CC[N+](C)(C)CCN)[C@H](N)C(=O)N[C@@H](CCc1ccccc1)C(=O)Cc1cnc2ccccc2c1. The molecule has 3 aromatic rings. The third kappa shape index (κ3) is 11.4. The molecule has 1 heterocycles. The van der Waals surface area contributed by atoms with Crippen LogP contribution in [-0.2, 0) is 22.4 Å². The van der Waals surface area contributed by atoms with Crippen LogP contribution < -0.4 is 22.5 Å². The van der Waals surface area contributed by atoms with E-state index in [4.69, 9.17) is 17.2 Å². The molecule has 2 atom stereocenters. The number of aryl methyl sites for hydroxylation is 1. The van der Waals surface area contributed by atoms with Crippen LogP contribution in [0.2, 0.25) is 0 Å². The molecule has 2 aromatic carbocycles. The van der Waals surface area contributed by atoms with Crippen molar-refractivity contribution in [2.45, 2.75) is 44.2 Å². The van der Waals surface area contributed by atoms with E-state index in [1.165, 1.54) is 0 Å². The predicted molar refractivity (Wildman–Crippen MR) is 180 cm³/mol. The molecule has 0 saturated heterocycles. The van der Waals surface area contributed by atoms with E-state index in [-0.39, 0.29) is 24.0 Å². The van der Waals surface area contributed by atoms with Gasteiger partial charge in [0.15, 0.2) is 5.78 Å². The Hall–Kier alpha value is -3.21. The number of carbonyl (C=O) groups is 2. The quantitative estimate of drug-likeness (QED) is 0.155. The van der Waals surface area contributed by atoms with E-state index in [0.717, 1.165) is 70.0 Å². The van der Waals surface area contributed by atoms with E-state index in [9.17, 15) is 9.59 Å². The number of ketones is 1. The molecule has 0 aliphatic rings. The van der Waals surface area contributed by atoms with Crippen LogP contribution >= 0.6 is 0 Å². The van der Waals surface area contributed by atoms with Crippen molar-refractivity contribution in [2.75, 3.05) is 67.5 Å². The fourth-order valence-corrected chi connectivity index (χ4v) is 5.75. The van der Waals surface area contributed by atoms with Gasteiger partial charge in [-0.2, -0.15) is 0 Å². The maximum atomic E-state index is 13.8. The Morgan fingerprint density at radius 3 is 2.00 bits per heavy atom. The number of carbonyl (C=O) groups excluding carboxylic acids is 2. The summed E-state index contributed by atoms with van der Waals surface area (Å²) in [5, 5.41) is 4.07. The van der Waals surface area contributed by atoms with E-state index in [2.05, 4.69) is 38.5 Å². The fourth-order valence-electron chi connectivity index (χ4n) is 5.75. The number of para-hydroxylation sites is 1. The molecule has 0 aliphatic heterocycles. The highest BCUT2D eigenvalue weighted by molar-refractivity contribution is 5.92. The third-order valence-corrected chi connectivity index (χ3v) is 8.79. The van der Waals surface area contributed by atoms with Gasteiger partial charge in [0, 0.05) is 43.9 Å². The Morgan fingerprint density at radius 1 is 0.795 bits per heavy atom. The first-order valence-corrected chi connectivity index (χ1v) is 15.9. The fraction of sp³-hybridized carbons (Fsp3) is 0.514. The zero-order chi connectivity index (χ0) is 32.2. The number of nitrogens with two attached hydrogens (primary N) is 3. The number of pyridine rings is 1. The number of quaternary nitrogens is 2. The molecule has 9 nitrogen and oxygen atoms in total. The first-order valence-electron chi connectivity index (χ1n) is 15.9. The molecule has 0 spiro atoms. The van der Waals surface area contributed by atoms with Gasteiger partial charge < -0.3 is 31.5 Å². The van der Waals surface area contributed by atoms with Crippen LogP contribution in [0.25, 0.3) is 10.9 Å². The highest BCUT2D eigenvalue weighted by Gasteiger charge is 2.32. The lowest BCUT2D eigenvalue weighted by atomic mass is 9.90. The van der Waals surface area contributed by atoms with Gasteiger partial charge in [-0.3, -0.25) is 14.6 Å². The van der Waals surface area contributed by atoms with E-state index in [1.54, 1.807) is 6.20 Å². The van der Waals surface area contributed by atoms with E-state index < -0.39 is 12.1 Å². The topological polar surface area (TPSA) is 137 Å². The zero-order valence-corrected chi connectivity index (χ0v) is 27.3. The minimum atomic E-state index is -0.736. The van der Waals surface area contributed by atoms with Gasteiger partial charge in [0.1, 0.15) is 0 Å². The number of Topliss-reactive ketones (excluding diaryl/α,β-unsaturated/α-hetero) is 1. The number of nitrogens with one attached hydrogen (secondary N) is 1. The van der Waals surface area contributed by atoms with Gasteiger partial charge in [-0.15, -0.1) is 0 Å². The second kappa shape index (κ2) is 16.7. The maximum Gasteiger partial charge on any atom is 0.237 e. The standard InChI is InChI=1S/C35H54N7O2/c1-41(2,22-18-36)20-16-29(17-21-42(3,4)23-19-37)34(38)35(44)40-32(15-14-27-10-6-5-7-11-27)33(43)25-28-24-30-12-8-9-13-31(30)39-26-28/h5-13,24,26,29,32,34H,14-23,25,36-38H2,1-4H3/q+1/p+1/t32-,34-/m0/s1. The molecule has 44 heavy (non-hydrogen) atoms. The van der Waals surface area contributed by atoms with E-state index in [0.29, 0.717) is 25.9 Å². The molecule has 7 N–H and O–H groups in total. The van der Waals surface area contributed by atoms with Gasteiger partial charge in [0.25, 0.3) is 0 Å². The third-order valence-electron chi connectivity index (χ3n) is 8.79. The lowest BCUT2D eigenvalue weighted by Gasteiger charge is -2.35. The molecular weight excluding hydrogens is 550 g/mol. The van der Waals surface area contributed by atoms with Gasteiger partial charge in [-0.25, -0.2) is 0 Å². The van der Waals surface area contributed by atoms with Crippen molar-refractivity contribution in [1.82, 2.24) is 10.3 Å². The van der Waals surface area contributed by atoms with Crippen molar-refractivity contribution in [1.29, 1.82) is 0 Å². The number of aromatic nitrogens is 1. The number of amides is 1. The highest BCUT2D eigenvalue weighted by Crippen LogP contribution is 2.19. The predicted octanol–water partition coefficient (Wildman–Crippen LogP) is 2.26. The molecular formula is C35H55N7O2+2. The summed E-state index contributed by atoms with van der Waals surface area (Å²) in [4.78, 5) is 32.1. The smallest absolute Gasteiger partial charge is 0.237 e. The van der Waals surface area contributed by atoms with Gasteiger partial charge in [0.05, 0.1) is 72.0 Å². The molecule has 240 valence electrons. The van der Waals surface area contributed by atoms with Gasteiger partial charge >= 0.3 is 0 Å². The number of hydrogen-bond donors (Lipinski definition) is 4. The number of fused-ring (bicyclic) bond motifs is 1. The number of hydrogen-bond acceptors (Lipinski definition) is 6. The van der Waals surface area contributed by atoms with Crippen LogP contribution in [0.15, 0.2) is 66.9 Å². The van der Waals surface area contributed by atoms with Gasteiger partial charge in [0.2, 0.25) is 5.91 Å². The largest absolute Gasteiger partial charge is 0.345 e. The summed E-state index contributed by atoms with van der Waals surface area (Å²) in [6.07, 6.45) is 4.67. The summed E-state index contributed by atoms with van der Waals surface area (Å²) in [6, 6.07) is 18.5. The van der Waals surface area contributed by atoms with Crippen LogP contribution in [-0.4, -0.2) is 105 Å². The first-order chi connectivity index (χ1) is 20.9. The number of benzene rings is 2. The van der Waals surface area contributed by atoms with Crippen molar-refractivity contribution < 1.29 is 18.6 Å². The minimum absolute atomic E-state index is 0.0448. The summed E-state index contributed by atoms with van der Waals surface area (Å²) >= 11 is 0. The van der Waals surface area contributed by atoms with Crippen molar-refractivity contribution in [2.24, 2.45) is 23.1 Å². The Bertz CT molecular complexity index is 1310. The average Bonchev–Trinajstić information content (AvgIpc) is 2.99. The molecule has 0 unspecified atom stereocenters. The van der Waals surface area contributed by atoms with Crippen LogP contribution in [0, 0.1) is 5.92 Å². The summed E-state index contributed by atoms with van der Waals surface area (Å²) in [7, 11) is 8.63. The molecule has 1 amide bonds. The molecule has 1 aromatic heterocycles. The molecule has 0 radical (unpaired) electrons. The van der Waals surface area contributed by atoms with Crippen molar-refractivity contribution in [3.8, 4) is 0 Å². The Balaban J connectivity index is 1.77. The monoisotopic (exact) mass is 605 g/mol. The number of likely N-dealkylation sites (N-methyl/N-ethyl adjacent to an activating group) is 2. The van der Waals surface area contributed by atoms with E-state index >= 15 is 0 Å². The van der Waals surface area contributed by atoms with Crippen LogP contribution in [0.5, 0.6) is 0 Å². The molecule has 9 heteroatoms. The van der Waals surface area contributed by atoms with Crippen molar-refractivity contribution in [3.63, 3.8) is 0 Å². The van der Waals surface area contributed by atoms with Crippen LogP contribution in [0.3, 0.4) is 0 Å². The van der Waals surface area contributed by atoms with Gasteiger partial charge in [-0.05, 0) is 42.0 Å². The average molecular weight is 606 g/mol. The van der Waals surface area contributed by atoms with Crippen molar-refractivity contribution >= 4 is 22.6 Å². The molecule has 0 aliphatic carbocycles. The van der Waals surface area contributed by atoms with Crippen LogP contribution in [0.4, 0.5) is 0 Å². The summed E-state index contributed by atoms with van der Waals surface area (Å²) in [5.74, 6) is -0.363. The lowest BCUT2D eigenvalue weighted by Crippen LogP contribution is -2.54. The molecule has 0 bridgehead atoms. The lowest BCUT2D eigenvalue weighted by molar-refractivity contribution is -0.891. The minimum Gasteiger partial charge on any atom is -0.345 e. The first kappa shape index (κ1) is 35.3. The number of nitrogens with zero attached hydrogens (tertiary/aromatic N) is 3. The summed E-state index contributed by atoms with van der Waals surface area (Å²) < 4.78 is 1.53.